The fraction of sp³-hybridized carbons (Fsp3) is 0.462. The van der Waals surface area contributed by atoms with E-state index in [1.54, 1.807) is 17.0 Å². The minimum atomic E-state index is -0.284. The largest absolute Gasteiger partial charge is 0.311 e. The maximum absolute atomic E-state index is 12.9. The number of halogens is 1. The fourth-order valence-corrected chi connectivity index (χ4v) is 2.04. The molecule has 1 amide bonds. The van der Waals surface area contributed by atoms with Gasteiger partial charge in [-0.2, -0.15) is 0 Å². The van der Waals surface area contributed by atoms with Gasteiger partial charge in [-0.05, 0) is 38.1 Å². The number of rotatable bonds is 1. The smallest absolute Gasteiger partial charge is 0.228 e. The quantitative estimate of drug-likeness (QED) is 0.808. The molecule has 0 radical (unpaired) electrons. The van der Waals surface area contributed by atoms with E-state index in [9.17, 15) is 9.18 Å². The monoisotopic (exact) mass is 236 g/mol. The summed E-state index contributed by atoms with van der Waals surface area (Å²) in [4.78, 5) is 13.7. The number of carbonyl (C=O) groups excluding carboxylic acids is 1. The number of hydrogen-bond acceptors (Lipinski definition) is 2. The number of nitrogens with zero attached hydrogens (tertiary/aromatic N) is 1. The molecule has 92 valence electrons. The summed E-state index contributed by atoms with van der Waals surface area (Å²) in [6, 6.07) is 6.06. The summed E-state index contributed by atoms with van der Waals surface area (Å²) in [6.45, 7) is 5.39. The number of nitrogens with one attached hydrogen (secondary N) is 1. The molecule has 1 heterocycles. The van der Waals surface area contributed by atoms with Gasteiger partial charge in [0, 0.05) is 30.7 Å². The Morgan fingerprint density at radius 3 is 2.59 bits per heavy atom. The zero-order valence-electron chi connectivity index (χ0n) is 10.2. The Morgan fingerprint density at radius 2 is 1.94 bits per heavy atom. The first-order chi connectivity index (χ1) is 7.98. The van der Waals surface area contributed by atoms with Gasteiger partial charge in [0.05, 0.1) is 0 Å². The molecule has 1 fully saturated rings. The number of carbonyl (C=O) groups is 1. The summed E-state index contributed by atoms with van der Waals surface area (Å²) in [7, 11) is 0. The third-order valence-corrected chi connectivity index (χ3v) is 2.94. The van der Waals surface area contributed by atoms with Gasteiger partial charge in [-0.3, -0.25) is 4.79 Å². The highest BCUT2D eigenvalue weighted by Gasteiger charge is 2.28. The molecule has 1 N–H and O–H groups in total. The van der Waals surface area contributed by atoms with E-state index in [0.29, 0.717) is 19.5 Å². The van der Waals surface area contributed by atoms with E-state index in [0.717, 1.165) is 5.69 Å². The Bertz CT molecular complexity index is 414. The van der Waals surface area contributed by atoms with Crippen molar-refractivity contribution in [3.8, 4) is 0 Å². The minimum absolute atomic E-state index is 0.0784. The van der Waals surface area contributed by atoms with Crippen LogP contribution in [0.25, 0.3) is 0 Å². The first kappa shape index (κ1) is 12.0. The van der Waals surface area contributed by atoms with Crippen LogP contribution in [0, 0.1) is 5.82 Å². The molecular formula is C13H17FN2O. The lowest BCUT2D eigenvalue weighted by Crippen LogP contribution is -2.47. The molecule has 1 aliphatic rings. The van der Waals surface area contributed by atoms with Crippen molar-refractivity contribution in [3.05, 3.63) is 30.1 Å². The standard InChI is InChI=1S/C13H17FN2O/c1-13(2)9-16(12(17)7-8-15-13)11-5-3-10(14)4-6-11/h3-6,15H,7-9H2,1-2H3. The second kappa shape index (κ2) is 4.45. The van der Waals surface area contributed by atoms with Crippen molar-refractivity contribution in [3.63, 3.8) is 0 Å². The number of hydrogen-bond donors (Lipinski definition) is 1. The van der Waals surface area contributed by atoms with Crippen LogP contribution in [0.3, 0.4) is 0 Å². The van der Waals surface area contributed by atoms with Crippen molar-refractivity contribution >= 4 is 11.6 Å². The zero-order chi connectivity index (χ0) is 12.5. The van der Waals surface area contributed by atoms with E-state index in [4.69, 9.17) is 0 Å². The third kappa shape index (κ3) is 2.82. The highest BCUT2D eigenvalue weighted by molar-refractivity contribution is 5.93. The van der Waals surface area contributed by atoms with Gasteiger partial charge in [0.15, 0.2) is 0 Å². The molecule has 4 heteroatoms. The maximum atomic E-state index is 12.9. The van der Waals surface area contributed by atoms with Crippen molar-refractivity contribution < 1.29 is 9.18 Å². The first-order valence-corrected chi connectivity index (χ1v) is 5.79. The highest BCUT2D eigenvalue weighted by atomic mass is 19.1. The van der Waals surface area contributed by atoms with Gasteiger partial charge in [-0.25, -0.2) is 4.39 Å². The van der Waals surface area contributed by atoms with Gasteiger partial charge in [0.2, 0.25) is 5.91 Å². The van der Waals surface area contributed by atoms with Crippen molar-refractivity contribution in [1.29, 1.82) is 0 Å². The Labute approximate surface area is 101 Å². The fourth-order valence-electron chi connectivity index (χ4n) is 2.04. The molecule has 0 spiro atoms. The lowest BCUT2D eigenvalue weighted by atomic mass is 10.1. The van der Waals surface area contributed by atoms with Crippen LogP contribution in [0.5, 0.6) is 0 Å². The van der Waals surface area contributed by atoms with Gasteiger partial charge in [-0.1, -0.05) is 0 Å². The lowest BCUT2D eigenvalue weighted by Gasteiger charge is -2.30. The summed E-state index contributed by atoms with van der Waals surface area (Å²) in [5.74, 6) is -0.205. The second-order valence-electron chi connectivity index (χ2n) is 5.02. The molecule has 0 bridgehead atoms. The molecule has 1 aromatic carbocycles. The average molecular weight is 236 g/mol. The van der Waals surface area contributed by atoms with Crippen molar-refractivity contribution in [2.24, 2.45) is 0 Å². The van der Waals surface area contributed by atoms with Crippen LogP contribution >= 0.6 is 0 Å². The Morgan fingerprint density at radius 1 is 1.29 bits per heavy atom. The SMILES string of the molecule is CC1(C)CN(c2ccc(F)cc2)C(=O)CCN1. The molecule has 1 aromatic rings. The van der Waals surface area contributed by atoms with Gasteiger partial charge < -0.3 is 10.2 Å². The summed E-state index contributed by atoms with van der Waals surface area (Å²) >= 11 is 0. The highest BCUT2D eigenvalue weighted by Crippen LogP contribution is 2.20. The van der Waals surface area contributed by atoms with E-state index in [2.05, 4.69) is 19.2 Å². The van der Waals surface area contributed by atoms with Crippen molar-refractivity contribution in [2.75, 3.05) is 18.0 Å². The zero-order valence-corrected chi connectivity index (χ0v) is 10.2. The molecule has 1 aliphatic heterocycles. The Balaban J connectivity index is 2.27. The lowest BCUT2D eigenvalue weighted by molar-refractivity contribution is -0.118. The Kier molecular flexibility index (Phi) is 3.15. The van der Waals surface area contributed by atoms with Crippen LogP contribution in [-0.4, -0.2) is 24.5 Å². The van der Waals surface area contributed by atoms with E-state index in [-0.39, 0.29) is 17.3 Å². The average Bonchev–Trinajstić information content (AvgIpc) is 2.39. The Hall–Kier alpha value is -1.42. The molecule has 0 saturated carbocycles. The van der Waals surface area contributed by atoms with Crippen LogP contribution in [0.1, 0.15) is 20.3 Å². The van der Waals surface area contributed by atoms with Gasteiger partial charge in [-0.15, -0.1) is 0 Å². The third-order valence-electron chi connectivity index (χ3n) is 2.94. The van der Waals surface area contributed by atoms with Crippen LogP contribution in [0.2, 0.25) is 0 Å². The van der Waals surface area contributed by atoms with Crippen LogP contribution < -0.4 is 10.2 Å². The summed E-state index contributed by atoms with van der Waals surface area (Å²) in [6.07, 6.45) is 0.473. The number of amides is 1. The maximum Gasteiger partial charge on any atom is 0.228 e. The molecule has 3 nitrogen and oxygen atoms in total. The van der Waals surface area contributed by atoms with E-state index in [1.807, 2.05) is 0 Å². The van der Waals surface area contributed by atoms with E-state index in [1.165, 1.54) is 12.1 Å². The number of anilines is 1. The predicted octanol–water partition coefficient (Wildman–Crippen LogP) is 1.93. The van der Waals surface area contributed by atoms with Crippen LogP contribution in [-0.2, 0) is 4.79 Å². The number of benzene rings is 1. The molecule has 0 aliphatic carbocycles. The van der Waals surface area contributed by atoms with Crippen molar-refractivity contribution in [2.45, 2.75) is 25.8 Å². The predicted molar refractivity (Wildman–Crippen MR) is 65.5 cm³/mol. The normalized spacial score (nSPS) is 20.2. The first-order valence-electron chi connectivity index (χ1n) is 5.79. The van der Waals surface area contributed by atoms with Crippen LogP contribution in [0.4, 0.5) is 10.1 Å². The summed E-state index contributed by atoms with van der Waals surface area (Å²) in [5.41, 5.74) is 0.633. The minimum Gasteiger partial charge on any atom is -0.311 e. The topological polar surface area (TPSA) is 32.3 Å². The molecule has 0 unspecified atom stereocenters. The van der Waals surface area contributed by atoms with Gasteiger partial charge >= 0.3 is 0 Å². The van der Waals surface area contributed by atoms with Crippen LogP contribution in [0.15, 0.2) is 24.3 Å². The van der Waals surface area contributed by atoms with Gasteiger partial charge in [0.25, 0.3) is 0 Å². The molecule has 0 atom stereocenters. The second-order valence-corrected chi connectivity index (χ2v) is 5.02. The molecule has 1 saturated heterocycles. The molecule has 2 rings (SSSR count). The summed E-state index contributed by atoms with van der Waals surface area (Å²) < 4.78 is 12.9. The van der Waals surface area contributed by atoms with E-state index < -0.39 is 0 Å². The van der Waals surface area contributed by atoms with Gasteiger partial charge in [0.1, 0.15) is 5.82 Å². The molecule has 17 heavy (non-hydrogen) atoms. The van der Waals surface area contributed by atoms with Crippen molar-refractivity contribution in [1.82, 2.24) is 5.32 Å². The van der Waals surface area contributed by atoms with E-state index >= 15 is 0 Å². The molecule has 0 aromatic heterocycles. The summed E-state index contributed by atoms with van der Waals surface area (Å²) in [5, 5.41) is 3.33. The molecular weight excluding hydrogens is 219 g/mol.